The summed E-state index contributed by atoms with van der Waals surface area (Å²) in [6.07, 6.45) is 4.33. The minimum atomic E-state index is -0.109. The summed E-state index contributed by atoms with van der Waals surface area (Å²) in [5.41, 5.74) is 0. The highest BCUT2D eigenvalue weighted by atomic mass is 16.3. The van der Waals surface area contributed by atoms with Crippen molar-refractivity contribution in [1.29, 1.82) is 0 Å². The quantitative estimate of drug-likeness (QED) is 0.780. The monoisotopic (exact) mass is 229 g/mol. The maximum atomic E-state index is 11.7. The highest BCUT2D eigenvalue weighted by molar-refractivity contribution is 5.78. The molecule has 0 spiro atoms. The van der Waals surface area contributed by atoms with Crippen molar-refractivity contribution in [1.82, 2.24) is 5.32 Å². The maximum Gasteiger partial charge on any atom is 0.223 e. The van der Waals surface area contributed by atoms with E-state index < -0.39 is 0 Å². The van der Waals surface area contributed by atoms with E-state index >= 15 is 0 Å². The van der Waals surface area contributed by atoms with Crippen molar-refractivity contribution < 1.29 is 9.90 Å². The van der Waals surface area contributed by atoms with Crippen LogP contribution in [-0.2, 0) is 4.79 Å². The number of aliphatic hydroxyl groups is 1. The summed E-state index contributed by atoms with van der Waals surface area (Å²) in [6, 6.07) is -0.109. The number of carbonyl (C=O) groups excluding carboxylic acids is 1. The van der Waals surface area contributed by atoms with Gasteiger partial charge < -0.3 is 10.4 Å². The van der Waals surface area contributed by atoms with Crippen molar-refractivity contribution in [3.05, 3.63) is 0 Å². The van der Waals surface area contributed by atoms with E-state index in [4.69, 9.17) is 5.11 Å². The van der Waals surface area contributed by atoms with Crippen LogP contribution in [0.2, 0.25) is 0 Å². The molecule has 16 heavy (non-hydrogen) atoms. The predicted molar refractivity (Wildman–Crippen MR) is 67.2 cm³/mol. The molecule has 1 aliphatic carbocycles. The van der Waals surface area contributed by atoms with Gasteiger partial charge >= 0.3 is 0 Å². The first kappa shape index (κ1) is 15.4. The molecule has 96 valence electrons. The minimum Gasteiger partial charge on any atom is -0.394 e. The van der Waals surface area contributed by atoms with Gasteiger partial charge in [0.25, 0.3) is 0 Å². The first-order valence-corrected chi connectivity index (χ1v) is 6.54. The summed E-state index contributed by atoms with van der Waals surface area (Å²) in [4.78, 5) is 11.7. The third-order valence-electron chi connectivity index (χ3n) is 3.05. The number of rotatable bonds is 3. The second-order valence-corrected chi connectivity index (χ2v) is 4.55. The molecule has 0 heterocycles. The lowest BCUT2D eigenvalue weighted by atomic mass is 9.82. The molecule has 3 heteroatoms. The fourth-order valence-electron chi connectivity index (χ4n) is 1.93. The van der Waals surface area contributed by atoms with Gasteiger partial charge in [0.2, 0.25) is 5.91 Å². The summed E-state index contributed by atoms with van der Waals surface area (Å²) in [5, 5.41) is 11.6. The Morgan fingerprint density at radius 1 is 1.31 bits per heavy atom. The van der Waals surface area contributed by atoms with Gasteiger partial charge in [-0.2, -0.15) is 0 Å². The Morgan fingerprint density at radius 2 is 1.81 bits per heavy atom. The van der Waals surface area contributed by atoms with Gasteiger partial charge in [0.15, 0.2) is 0 Å². The average Bonchev–Trinajstić information content (AvgIpc) is 2.32. The van der Waals surface area contributed by atoms with Crippen LogP contribution in [0.25, 0.3) is 0 Å². The van der Waals surface area contributed by atoms with Crippen molar-refractivity contribution in [2.45, 2.75) is 59.4 Å². The number of nitrogens with one attached hydrogen (secondary N) is 1. The molecule has 1 amide bonds. The van der Waals surface area contributed by atoms with Gasteiger partial charge in [-0.3, -0.25) is 4.79 Å². The fourth-order valence-corrected chi connectivity index (χ4v) is 1.93. The van der Waals surface area contributed by atoms with Crippen molar-refractivity contribution in [2.24, 2.45) is 11.8 Å². The highest BCUT2D eigenvalue weighted by Crippen LogP contribution is 2.28. The smallest absolute Gasteiger partial charge is 0.223 e. The van der Waals surface area contributed by atoms with Crippen molar-refractivity contribution >= 4 is 5.91 Å². The number of amides is 1. The minimum absolute atomic E-state index is 0.0227. The number of hydrogen-bond donors (Lipinski definition) is 2. The van der Waals surface area contributed by atoms with Gasteiger partial charge in [0, 0.05) is 12.0 Å². The Morgan fingerprint density at radius 3 is 2.25 bits per heavy atom. The summed E-state index contributed by atoms with van der Waals surface area (Å²) < 4.78 is 0. The van der Waals surface area contributed by atoms with E-state index in [1.165, 1.54) is 0 Å². The number of aliphatic hydroxyl groups excluding tert-OH is 1. The van der Waals surface area contributed by atoms with Crippen molar-refractivity contribution in [2.75, 3.05) is 6.61 Å². The largest absolute Gasteiger partial charge is 0.394 e. The lowest BCUT2D eigenvalue weighted by Crippen LogP contribution is -2.40. The number of carbonyl (C=O) groups is 1. The van der Waals surface area contributed by atoms with E-state index in [1.807, 2.05) is 20.8 Å². The Kier molecular flexibility index (Phi) is 8.26. The normalized spacial score (nSPS) is 26.3. The van der Waals surface area contributed by atoms with Crippen LogP contribution in [0.1, 0.15) is 53.4 Å². The zero-order chi connectivity index (χ0) is 12.6. The molecular formula is C13H27NO2. The van der Waals surface area contributed by atoms with E-state index in [9.17, 15) is 4.79 Å². The molecule has 0 aromatic heterocycles. The van der Waals surface area contributed by atoms with Crippen molar-refractivity contribution in [3.8, 4) is 0 Å². The summed E-state index contributed by atoms with van der Waals surface area (Å²) in [7, 11) is 0. The molecule has 1 fully saturated rings. The van der Waals surface area contributed by atoms with Crippen LogP contribution >= 0.6 is 0 Å². The van der Waals surface area contributed by atoms with Gasteiger partial charge in [-0.15, -0.1) is 0 Å². The topological polar surface area (TPSA) is 49.3 Å². The standard InChI is InChI=1S/C11H21NO2.C2H6/c1-8-3-5-10(6-4-8)11(14)12-9(2)7-13;1-2/h8-10,13H,3-7H2,1-2H3,(H,12,14);1-2H3/t8?,9-,10?;/m1./s1. The van der Waals surface area contributed by atoms with Crippen LogP contribution in [0.4, 0.5) is 0 Å². The molecule has 3 nitrogen and oxygen atoms in total. The van der Waals surface area contributed by atoms with Crippen LogP contribution in [0.5, 0.6) is 0 Å². The Labute approximate surface area is 99.6 Å². The summed E-state index contributed by atoms with van der Waals surface area (Å²) in [5.74, 6) is 1.08. The molecule has 1 aliphatic rings. The molecule has 1 atom stereocenters. The Hall–Kier alpha value is -0.570. The molecule has 0 radical (unpaired) electrons. The fraction of sp³-hybridized carbons (Fsp3) is 0.923. The molecule has 0 aliphatic heterocycles. The molecule has 0 unspecified atom stereocenters. The van der Waals surface area contributed by atoms with E-state index in [0.29, 0.717) is 0 Å². The van der Waals surface area contributed by atoms with Crippen LogP contribution in [0.15, 0.2) is 0 Å². The Balaban J connectivity index is 0.00000106. The summed E-state index contributed by atoms with van der Waals surface area (Å²) in [6.45, 7) is 8.09. The predicted octanol–water partition coefficient (Wildman–Crippen LogP) is 2.34. The molecule has 0 saturated heterocycles. The van der Waals surface area contributed by atoms with E-state index in [0.717, 1.165) is 31.6 Å². The third-order valence-corrected chi connectivity index (χ3v) is 3.05. The third kappa shape index (κ3) is 5.50. The second-order valence-electron chi connectivity index (χ2n) is 4.55. The Bertz CT molecular complexity index is 186. The van der Waals surface area contributed by atoms with Gasteiger partial charge in [0.05, 0.1) is 6.61 Å². The van der Waals surface area contributed by atoms with E-state index in [1.54, 1.807) is 0 Å². The van der Waals surface area contributed by atoms with E-state index in [2.05, 4.69) is 12.2 Å². The molecule has 1 saturated carbocycles. The number of hydrogen-bond acceptors (Lipinski definition) is 2. The zero-order valence-corrected chi connectivity index (χ0v) is 11.1. The highest BCUT2D eigenvalue weighted by Gasteiger charge is 2.24. The van der Waals surface area contributed by atoms with Crippen LogP contribution < -0.4 is 5.32 Å². The lowest BCUT2D eigenvalue weighted by Gasteiger charge is -2.26. The molecule has 0 bridgehead atoms. The molecule has 0 aromatic carbocycles. The van der Waals surface area contributed by atoms with Gasteiger partial charge in [-0.25, -0.2) is 0 Å². The molecule has 2 N–H and O–H groups in total. The average molecular weight is 229 g/mol. The van der Waals surface area contributed by atoms with Gasteiger partial charge in [-0.05, 0) is 38.5 Å². The van der Waals surface area contributed by atoms with Gasteiger partial charge in [-0.1, -0.05) is 20.8 Å². The van der Waals surface area contributed by atoms with Crippen LogP contribution in [-0.4, -0.2) is 23.7 Å². The van der Waals surface area contributed by atoms with Crippen LogP contribution in [0.3, 0.4) is 0 Å². The lowest BCUT2D eigenvalue weighted by molar-refractivity contribution is -0.127. The molecular weight excluding hydrogens is 202 g/mol. The first-order chi connectivity index (χ1) is 7.63. The SMILES string of the molecule is CC.CC1CCC(C(=O)N[C@H](C)CO)CC1. The molecule has 0 aromatic rings. The zero-order valence-electron chi connectivity index (χ0n) is 11.1. The first-order valence-electron chi connectivity index (χ1n) is 6.54. The second kappa shape index (κ2) is 8.57. The van der Waals surface area contributed by atoms with E-state index in [-0.39, 0.29) is 24.5 Å². The van der Waals surface area contributed by atoms with Crippen LogP contribution in [0, 0.1) is 11.8 Å². The maximum absolute atomic E-state index is 11.7. The summed E-state index contributed by atoms with van der Waals surface area (Å²) >= 11 is 0. The van der Waals surface area contributed by atoms with Gasteiger partial charge in [0.1, 0.15) is 0 Å². The van der Waals surface area contributed by atoms with Crippen molar-refractivity contribution in [3.63, 3.8) is 0 Å². The molecule has 1 rings (SSSR count).